The molecule has 2 heterocycles. The molecule has 0 bridgehead atoms. The Kier molecular flexibility index (Phi) is 6.53. The molecule has 1 aliphatic rings. The molecule has 156 valence electrons. The molecular weight excluding hydrogens is 372 g/mol. The Morgan fingerprint density at radius 3 is 2.83 bits per heavy atom. The second-order valence-electron chi connectivity index (χ2n) is 7.62. The smallest absolute Gasteiger partial charge is 0.336 e. The van der Waals surface area contributed by atoms with Crippen molar-refractivity contribution >= 4 is 28.6 Å². The van der Waals surface area contributed by atoms with Crippen LogP contribution in [-0.4, -0.2) is 61.5 Å². The lowest BCUT2D eigenvalue weighted by atomic mass is 10.1. The third-order valence-corrected chi connectivity index (χ3v) is 5.21. The van der Waals surface area contributed by atoms with E-state index >= 15 is 0 Å². The lowest BCUT2D eigenvalue weighted by Crippen LogP contribution is -2.43. The maximum absolute atomic E-state index is 12.2. The molecule has 3 rings (SSSR count). The van der Waals surface area contributed by atoms with E-state index in [0.717, 1.165) is 43.3 Å². The van der Waals surface area contributed by atoms with E-state index in [4.69, 9.17) is 4.42 Å². The number of anilines is 1. The number of nitrogens with zero attached hydrogens (tertiary/aromatic N) is 2. The van der Waals surface area contributed by atoms with Crippen LogP contribution in [-0.2, 0) is 4.79 Å². The predicted octanol–water partition coefficient (Wildman–Crippen LogP) is 2.17. The molecule has 3 amide bonds. The van der Waals surface area contributed by atoms with Crippen molar-refractivity contribution in [1.29, 1.82) is 0 Å². The number of rotatable bonds is 6. The van der Waals surface area contributed by atoms with E-state index in [1.807, 2.05) is 13.0 Å². The van der Waals surface area contributed by atoms with Crippen molar-refractivity contribution in [2.24, 2.45) is 0 Å². The van der Waals surface area contributed by atoms with Gasteiger partial charge in [0.25, 0.3) is 0 Å². The van der Waals surface area contributed by atoms with E-state index in [1.54, 1.807) is 31.1 Å². The van der Waals surface area contributed by atoms with E-state index in [0.29, 0.717) is 17.8 Å². The molecule has 0 aliphatic carbocycles. The number of hydrogen-bond acceptors (Lipinski definition) is 5. The minimum atomic E-state index is -0.412. The summed E-state index contributed by atoms with van der Waals surface area (Å²) in [7, 11) is 3.56. The van der Waals surface area contributed by atoms with Gasteiger partial charge in [-0.2, -0.15) is 0 Å². The van der Waals surface area contributed by atoms with Gasteiger partial charge in [0.15, 0.2) is 0 Å². The molecule has 29 heavy (non-hydrogen) atoms. The van der Waals surface area contributed by atoms with Crippen molar-refractivity contribution in [2.45, 2.75) is 32.2 Å². The zero-order valence-electron chi connectivity index (χ0n) is 17.2. The highest BCUT2D eigenvalue weighted by Gasteiger charge is 2.30. The van der Waals surface area contributed by atoms with Crippen LogP contribution >= 0.6 is 0 Å². The highest BCUT2D eigenvalue weighted by atomic mass is 16.4. The van der Waals surface area contributed by atoms with Gasteiger partial charge < -0.3 is 20.0 Å². The number of urea groups is 1. The summed E-state index contributed by atoms with van der Waals surface area (Å²) in [6.45, 7) is 4.03. The highest BCUT2D eigenvalue weighted by molar-refractivity contribution is 5.92. The molecule has 0 spiro atoms. The normalized spacial score (nSPS) is 16.7. The number of nitrogens with one attached hydrogen (secondary N) is 2. The molecule has 1 aliphatic heterocycles. The molecule has 1 saturated heterocycles. The first kappa shape index (κ1) is 20.9. The zero-order chi connectivity index (χ0) is 21.0. The molecule has 2 aromatic rings. The van der Waals surface area contributed by atoms with Gasteiger partial charge in [-0.05, 0) is 50.4 Å². The van der Waals surface area contributed by atoms with Gasteiger partial charge in [0.05, 0.1) is 6.04 Å². The van der Waals surface area contributed by atoms with Gasteiger partial charge in [0.1, 0.15) is 5.58 Å². The monoisotopic (exact) mass is 400 g/mol. The molecule has 1 atom stereocenters. The van der Waals surface area contributed by atoms with Gasteiger partial charge in [0, 0.05) is 50.4 Å². The van der Waals surface area contributed by atoms with Crippen LogP contribution in [0.1, 0.15) is 24.8 Å². The minimum Gasteiger partial charge on any atom is -0.423 e. The SMILES string of the molecule is Cc1cc(=O)oc2cc(NC(=O)NCCCN3CCC[C@@H]3C(=O)N(C)C)ccc12. The molecule has 8 nitrogen and oxygen atoms in total. The van der Waals surface area contributed by atoms with E-state index in [-0.39, 0.29) is 18.0 Å². The summed E-state index contributed by atoms with van der Waals surface area (Å²) in [5, 5.41) is 6.42. The number of carbonyl (C=O) groups is 2. The molecular formula is C21H28N4O4. The Balaban J connectivity index is 1.47. The molecule has 0 unspecified atom stereocenters. The number of carbonyl (C=O) groups excluding carboxylic acids is 2. The van der Waals surface area contributed by atoms with Crippen LogP contribution in [0.25, 0.3) is 11.0 Å². The van der Waals surface area contributed by atoms with Crippen LogP contribution in [0.4, 0.5) is 10.5 Å². The third-order valence-electron chi connectivity index (χ3n) is 5.21. The fraction of sp³-hybridized carbons (Fsp3) is 0.476. The Hall–Kier alpha value is -2.87. The summed E-state index contributed by atoms with van der Waals surface area (Å²) >= 11 is 0. The first-order chi connectivity index (χ1) is 13.8. The summed E-state index contributed by atoms with van der Waals surface area (Å²) in [4.78, 5) is 39.7. The molecule has 0 saturated carbocycles. The maximum atomic E-state index is 12.2. The minimum absolute atomic E-state index is 0.0467. The van der Waals surface area contributed by atoms with Crippen LogP contribution in [0.2, 0.25) is 0 Å². The first-order valence-corrected chi connectivity index (χ1v) is 9.90. The summed E-state index contributed by atoms with van der Waals surface area (Å²) < 4.78 is 5.20. The second kappa shape index (κ2) is 9.09. The van der Waals surface area contributed by atoms with E-state index in [1.165, 1.54) is 6.07 Å². The van der Waals surface area contributed by atoms with Crippen molar-refractivity contribution in [3.05, 3.63) is 40.2 Å². The number of benzene rings is 1. The average molecular weight is 400 g/mol. The van der Waals surface area contributed by atoms with Gasteiger partial charge in [-0.3, -0.25) is 9.69 Å². The predicted molar refractivity (Wildman–Crippen MR) is 112 cm³/mol. The quantitative estimate of drug-likeness (QED) is 0.572. The van der Waals surface area contributed by atoms with Crippen LogP contribution in [0, 0.1) is 6.92 Å². The number of amides is 3. The standard InChI is InChI=1S/C21H28N4O4/c1-14-12-19(26)29-18-13-15(7-8-16(14)18)23-21(28)22-9-5-11-25-10-4-6-17(25)20(27)24(2)3/h7-8,12-13,17H,4-6,9-11H2,1-3H3,(H2,22,23,28)/t17-/m1/s1. The Bertz CT molecular complexity index is 953. The Morgan fingerprint density at radius 2 is 2.07 bits per heavy atom. The van der Waals surface area contributed by atoms with Gasteiger partial charge in [0.2, 0.25) is 5.91 Å². The second-order valence-corrected chi connectivity index (χ2v) is 7.62. The number of likely N-dealkylation sites (tertiary alicyclic amines) is 1. The number of aryl methyl sites for hydroxylation is 1. The van der Waals surface area contributed by atoms with E-state index in [9.17, 15) is 14.4 Å². The van der Waals surface area contributed by atoms with Crippen molar-refractivity contribution < 1.29 is 14.0 Å². The van der Waals surface area contributed by atoms with E-state index < -0.39 is 5.63 Å². The lowest BCUT2D eigenvalue weighted by Gasteiger charge is -2.26. The summed E-state index contributed by atoms with van der Waals surface area (Å²) in [5.41, 5.74) is 1.42. The van der Waals surface area contributed by atoms with Crippen molar-refractivity contribution in [3.63, 3.8) is 0 Å². The van der Waals surface area contributed by atoms with Gasteiger partial charge in [-0.25, -0.2) is 9.59 Å². The zero-order valence-corrected chi connectivity index (χ0v) is 17.2. The fourth-order valence-corrected chi connectivity index (χ4v) is 3.73. The summed E-state index contributed by atoms with van der Waals surface area (Å²) in [5.74, 6) is 0.145. The molecule has 1 fully saturated rings. The van der Waals surface area contributed by atoms with Gasteiger partial charge in [-0.1, -0.05) is 0 Å². The van der Waals surface area contributed by atoms with Crippen molar-refractivity contribution in [1.82, 2.24) is 15.1 Å². The first-order valence-electron chi connectivity index (χ1n) is 9.90. The lowest BCUT2D eigenvalue weighted by molar-refractivity contribution is -0.133. The molecule has 2 N–H and O–H groups in total. The van der Waals surface area contributed by atoms with Crippen LogP contribution < -0.4 is 16.3 Å². The van der Waals surface area contributed by atoms with Gasteiger partial charge >= 0.3 is 11.7 Å². The number of hydrogen-bond donors (Lipinski definition) is 2. The number of likely N-dealkylation sites (N-methyl/N-ethyl adjacent to an activating group) is 1. The Morgan fingerprint density at radius 1 is 1.28 bits per heavy atom. The van der Waals surface area contributed by atoms with E-state index in [2.05, 4.69) is 15.5 Å². The fourth-order valence-electron chi connectivity index (χ4n) is 3.73. The maximum Gasteiger partial charge on any atom is 0.336 e. The van der Waals surface area contributed by atoms with Gasteiger partial charge in [-0.15, -0.1) is 0 Å². The van der Waals surface area contributed by atoms with Crippen molar-refractivity contribution in [3.8, 4) is 0 Å². The third kappa shape index (κ3) is 5.14. The summed E-state index contributed by atoms with van der Waals surface area (Å²) in [6.07, 6.45) is 2.68. The number of fused-ring (bicyclic) bond motifs is 1. The van der Waals surface area contributed by atoms with Crippen molar-refractivity contribution in [2.75, 3.05) is 39.0 Å². The van der Waals surface area contributed by atoms with Crippen LogP contribution in [0.15, 0.2) is 33.5 Å². The molecule has 1 aromatic heterocycles. The molecule has 1 aromatic carbocycles. The average Bonchev–Trinajstić information content (AvgIpc) is 3.12. The molecule has 0 radical (unpaired) electrons. The molecule has 8 heteroatoms. The van der Waals surface area contributed by atoms with Crippen LogP contribution in [0.5, 0.6) is 0 Å². The largest absolute Gasteiger partial charge is 0.423 e. The topological polar surface area (TPSA) is 94.9 Å². The summed E-state index contributed by atoms with van der Waals surface area (Å²) in [6, 6.07) is 6.32. The Labute approximate surface area is 169 Å². The highest BCUT2D eigenvalue weighted by Crippen LogP contribution is 2.21. The van der Waals surface area contributed by atoms with Crippen LogP contribution in [0.3, 0.4) is 0 Å².